The van der Waals surface area contributed by atoms with E-state index in [9.17, 15) is 24.6 Å². The number of fused-ring (bicyclic) bond motifs is 1. The van der Waals surface area contributed by atoms with Crippen molar-refractivity contribution in [2.75, 3.05) is 19.6 Å². The lowest BCUT2D eigenvalue weighted by Crippen LogP contribution is -2.63. The maximum absolute atomic E-state index is 13.0. The molecule has 0 aliphatic carbocycles. The highest BCUT2D eigenvalue weighted by molar-refractivity contribution is 8.03. The van der Waals surface area contributed by atoms with Crippen LogP contribution in [-0.4, -0.2) is 92.9 Å². The highest BCUT2D eigenvalue weighted by Crippen LogP contribution is 2.51. The Labute approximate surface area is 196 Å². The van der Waals surface area contributed by atoms with E-state index in [1.165, 1.54) is 16.7 Å². The molecule has 0 aromatic carbocycles. The van der Waals surface area contributed by atoms with Gasteiger partial charge in [0, 0.05) is 35.7 Å². The average Bonchev–Trinajstić information content (AvgIpc) is 3.30. The third-order valence-corrected chi connectivity index (χ3v) is 8.61. The molecular formula is C21H32N6O5S. The van der Waals surface area contributed by atoms with Crippen molar-refractivity contribution in [1.29, 1.82) is 0 Å². The van der Waals surface area contributed by atoms with Crippen LogP contribution < -0.4 is 16.8 Å². The zero-order valence-corrected chi connectivity index (χ0v) is 19.6. The summed E-state index contributed by atoms with van der Waals surface area (Å²) >= 11 is 1.44. The lowest BCUT2D eigenvalue weighted by Gasteiger charge is -2.46. The fourth-order valence-corrected chi connectivity index (χ4v) is 6.96. The van der Waals surface area contributed by atoms with Crippen LogP contribution >= 0.6 is 11.8 Å². The van der Waals surface area contributed by atoms with Gasteiger partial charge in [-0.05, 0) is 26.2 Å². The van der Waals surface area contributed by atoms with Gasteiger partial charge in [-0.3, -0.25) is 14.6 Å². The molecule has 0 saturated carbocycles. The number of likely N-dealkylation sites (tertiary alicyclic amines) is 1. The molecule has 4 aliphatic heterocycles. The first kappa shape index (κ1) is 23.8. The minimum absolute atomic E-state index is 0.0173. The van der Waals surface area contributed by atoms with E-state index < -0.39 is 18.0 Å². The summed E-state index contributed by atoms with van der Waals surface area (Å²) in [7, 11) is 0. The fourth-order valence-electron chi connectivity index (χ4n) is 5.49. The van der Waals surface area contributed by atoms with Crippen LogP contribution in [0.1, 0.15) is 33.1 Å². The van der Waals surface area contributed by atoms with Crippen LogP contribution in [0, 0.1) is 11.8 Å². The molecule has 33 heavy (non-hydrogen) atoms. The first-order valence-corrected chi connectivity index (χ1v) is 12.2. The molecule has 0 spiro atoms. The molecule has 4 heterocycles. The van der Waals surface area contributed by atoms with E-state index in [0.29, 0.717) is 31.0 Å². The van der Waals surface area contributed by atoms with Crippen LogP contribution in [0.25, 0.3) is 0 Å². The largest absolute Gasteiger partial charge is 0.477 e. The Morgan fingerprint density at radius 2 is 1.94 bits per heavy atom. The number of aliphatic hydroxyl groups is 1. The third-order valence-electron chi connectivity index (χ3n) is 7.10. The van der Waals surface area contributed by atoms with Crippen molar-refractivity contribution in [1.82, 2.24) is 15.1 Å². The number of aliphatic imine (C=N–C) groups is 1. The van der Waals surface area contributed by atoms with Gasteiger partial charge in [0.25, 0.3) is 0 Å². The second kappa shape index (κ2) is 9.15. The number of aliphatic hydroxyl groups excluding tert-OH is 1. The molecule has 2 amide bonds. The SMILES string of the molecule is CC(O)[C@H]1C(=O)N2C(C(=O)O)=C(S[C@@H]3CN[C@H](C(=O)N4CCC(N=C(N)N)CC4)C3)[C@H](C)[C@H]12. The molecule has 1 unspecified atom stereocenters. The van der Waals surface area contributed by atoms with Gasteiger partial charge in [-0.25, -0.2) is 4.79 Å². The van der Waals surface area contributed by atoms with E-state index in [-0.39, 0.29) is 52.8 Å². The highest BCUT2D eigenvalue weighted by atomic mass is 32.2. The predicted octanol–water partition coefficient (Wildman–Crippen LogP) is -1.13. The van der Waals surface area contributed by atoms with Crippen molar-refractivity contribution in [3.63, 3.8) is 0 Å². The second-order valence-corrected chi connectivity index (χ2v) is 10.7. The molecule has 3 fully saturated rings. The molecule has 6 atom stereocenters. The van der Waals surface area contributed by atoms with Gasteiger partial charge >= 0.3 is 5.97 Å². The summed E-state index contributed by atoms with van der Waals surface area (Å²) in [6.45, 7) is 5.24. The average molecular weight is 481 g/mol. The van der Waals surface area contributed by atoms with Gasteiger partial charge < -0.3 is 36.8 Å². The number of carboxylic acids is 1. The van der Waals surface area contributed by atoms with Gasteiger partial charge in [-0.2, -0.15) is 0 Å². The Bertz CT molecular complexity index is 896. The van der Waals surface area contributed by atoms with E-state index in [1.54, 1.807) is 6.92 Å². The molecule has 0 bridgehead atoms. The van der Waals surface area contributed by atoms with Crippen molar-refractivity contribution in [2.24, 2.45) is 28.3 Å². The molecule has 0 aromatic heterocycles. The van der Waals surface area contributed by atoms with Crippen LogP contribution in [0.15, 0.2) is 15.6 Å². The van der Waals surface area contributed by atoms with Crippen molar-refractivity contribution < 1.29 is 24.6 Å². The smallest absolute Gasteiger partial charge is 0.353 e. The van der Waals surface area contributed by atoms with Gasteiger partial charge in [0.05, 0.1) is 30.1 Å². The zero-order chi connectivity index (χ0) is 24.0. The lowest BCUT2D eigenvalue weighted by molar-refractivity contribution is -0.163. The number of thioether (sulfide) groups is 1. The van der Waals surface area contributed by atoms with Crippen LogP contribution in [0.5, 0.6) is 0 Å². The zero-order valence-electron chi connectivity index (χ0n) is 18.8. The van der Waals surface area contributed by atoms with E-state index in [4.69, 9.17) is 11.5 Å². The summed E-state index contributed by atoms with van der Waals surface area (Å²) in [5.74, 6) is -2.11. The molecule has 0 aromatic rings. The van der Waals surface area contributed by atoms with Crippen LogP contribution in [0.4, 0.5) is 0 Å². The molecule has 182 valence electrons. The maximum atomic E-state index is 13.0. The molecular weight excluding hydrogens is 448 g/mol. The number of carbonyl (C=O) groups is 3. The van der Waals surface area contributed by atoms with Gasteiger partial charge in [0.2, 0.25) is 11.8 Å². The van der Waals surface area contributed by atoms with Crippen LogP contribution in [0.2, 0.25) is 0 Å². The number of hydrogen-bond acceptors (Lipinski definition) is 7. The summed E-state index contributed by atoms with van der Waals surface area (Å²) in [5.41, 5.74) is 10.9. The number of aliphatic carboxylic acids is 1. The van der Waals surface area contributed by atoms with E-state index in [2.05, 4.69) is 10.3 Å². The number of nitrogens with one attached hydrogen (secondary N) is 1. The number of hydrogen-bond donors (Lipinski definition) is 5. The third kappa shape index (κ3) is 4.31. The summed E-state index contributed by atoms with van der Waals surface area (Å²) < 4.78 is 0. The van der Waals surface area contributed by atoms with E-state index in [1.807, 2.05) is 11.8 Å². The quantitative estimate of drug-likeness (QED) is 0.179. The molecule has 11 nitrogen and oxygen atoms in total. The van der Waals surface area contributed by atoms with E-state index >= 15 is 0 Å². The minimum atomic E-state index is -1.13. The van der Waals surface area contributed by atoms with Crippen LogP contribution in [-0.2, 0) is 14.4 Å². The van der Waals surface area contributed by atoms with Crippen molar-refractivity contribution in [3.05, 3.63) is 10.6 Å². The number of nitrogens with two attached hydrogens (primary N) is 2. The van der Waals surface area contributed by atoms with Gasteiger partial charge in [0.1, 0.15) is 5.70 Å². The van der Waals surface area contributed by atoms with E-state index in [0.717, 1.165) is 12.8 Å². The first-order chi connectivity index (χ1) is 15.6. The molecule has 12 heteroatoms. The summed E-state index contributed by atoms with van der Waals surface area (Å²) in [6, 6.07) is -0.608. The second-order valence-electron chi connectivity index (χ2n) is 9.32. The van der Waals surface area contributed by atoms with Gasteiger partial charge in [-0.1, -0.05) is 6.92 Å². The minimum Gasteiger partial charge on any atom is -0.477 e. The Morgan fingerprint density at radius 3 is 2.52 bits per heavy atom. The number of guanidine groups is 1. The molecule has 0 radical (unpaired) electrons. The highest BCUT2D eigenvalue weighted by Gasteiger charge is 2.60. The molecule has 3 saturated heterocycles. The van der Waals surface area contributed by atoms with Gasteiger partial charge in [-0.15, -0.1) is 11.8 Å². The first-order valence-electron chi connectivity index (χ1n) is 11.4. The summed E-state index contributed by atoms with van der Waals surface area (Å²) in [6.07, 6.45) is 1.19. The van der Waals surface area contributed by atoms with Gasteiger partial charge in [0.15, 0.2) is 5.96 Å². The van der Waals surface area contributed by atoms with Crippen molar-refractivity contribution in [2.45, 2.75) is 62.6 Å². The molecule has 4 aliphatic rings. The Hall–Kier alpha value is -2.31. The maximum Gasteiger partial charge on any atom is 0.353 e. The normalized spacial score (nSPS) is 33.1. The summed E-state index contributed by atoms with van der Waals surface area (Å²) in [4.78, 5) is 45.5. The Balaban J connectivity index is 1.38. The lowest BCUT2D eigenvalue weighted by atomic mass is 9.79. The Kier molecular flexibility index (Phi) is 6.61. The van der Waals surface area contributed by atoms with Crippen molar-refractivity contribution in [3.8, 4) is 0 Å². The molecule has 7 N–H and O–H groups in total. The number of nitrogens with zero attached hydrogens (tertiary/aromatic N) is 3. The number of carbonyl (C=O) groups excluding carboxylic acids is 2. The standard InChI is InChI=1S/C21H32N6O5S/c1-9-15-14(10(2)28)19(30)27(15)16(20(31)32)17(9)33-12-7-13(24-8-12)18(29)26-5-3-11(4-6-26)25-21(22)23/h9-15,24,28H,3-8H2,1-2H3,(H,31,32)(H4,22,23,25)/t9-,10?,12+,13+,14-,15-/m1/s1. The number of carboxylic acid groups (broad SMARTS) is 1. The Morgan fingerprint density at radius 1 is 1.27 bits per heavy atom. The number of piperidine rings is 1. The number of amides is 2. The fraction of sp³-hybridized carbons (Fsp3) is 0.714. The number of β-lactam (4-membered cyclic amide) rings is 1. The van der Waals surface area contributed by atoms with Crippen LogP contribution in [0.3, 0.4) is 0 Å². The van der Waals surface area contributed by atoms with Crippen molar-refractivity contribution >= 4 is 35.5 Å². The monoisotopic (exact) mass is 480 g/mol. The summed E-state index contributed by atoms with van der Waals surface area (Å²) in [5, 5.41) is 23.1. The predicted molar refractivity (Wildman–Crippen MR) is 123 cm³/mol. The molecule has 4 rings (SSSR count). The topological polar surface area (TPSA) is 175 Å². The number of rotatable bonds is 6.